The van der Waals surface area contributed by atoms with Crippen LogP contribution < -0.4 is 4.74 Å². The Kier molecular flexibility index (Phi) is 3.91. The van der Waals surface area contributed by atoms with Crippen LogP contribution in [0.5, 0.6) is 5.75 Å². The molecule has 4 heteroatoms. The standard InChI is InChI=1S/C14H12FNO2/c15-14-7-2-1-5-12(14)10-18-13-6-3-4-11(8-13)9-16-17/h1-9,17H,10H2/b16-9+. The summed E-state index contributed by atoms with van der Waals surface area (Å²) in [5.74, 6) is 0.307. The molecule has 1 N–H and O–H groups in total. The van der Waals surface area contributed by atoms with E-state index in [2.05, 4.69) is 5.16 Å². The molecule has 0 saturated heterocycles. The van der Waals surface area contributed by atoms with Crippen LogP contribution >= 0.6 is 0 Å². The van der Waals surface area contributed by atoms with Gasteiger partial charge in [0.25, 0.3) is 0 Å². The van der Waals surface area contributed by atoms with Gasteiger partial charge in [-0.25, -0.2) is 4.39 Å². The molecule has 0 radical (unpaired) electrons. The molecule has 0 spiro atoms. The van der Waals surface area contributed by atoms with Crippen LogP contribution in [0.1, 0.15) is 11.1 Å². The lowest BCUT2D eigenvalue weighted by molar-refractivity contribution is 0.299. The molecule has 0 fully saturated rings. The van der Waals surface area contributed by atoms with Crippen LogP contribution in [0.25, 0.3) is 0 Å². The first kappa shape index (κ1) is 12.1. The van der Waals surface area contributed by atoms with E-state index in [0.717, 1.165) is 0 Å². The molecule has 92 valence electrons. The molecule has 3 nitrogen and oxygen atoms in total. The Morgan fingerprint density at radius 1 is 1.17 bits per heavy atom. The average molecular weight is 245 g/mol. The fourth-order valence-corrected chi connectivity index (χ4v) is 1.53. The van der Waals surface area contributed by atoms with Gasteiger partial charge in [0.05, 0.1) is 6.21 Å². The maximum Gasteiger partial charge on any atom is 0.129 e. The van der Waals surface area contributed by atoms with Gasteiger partial charge in [-0.2, -0.15) is 0 Å². The first-order valence-corrected chi connectivity index (χ1v) is 5.43. The van der Waals surface area contributed by atoms with Crippen molar-refractivity contribution in [3.05, 3.63) is 65.5 Å². The molecule has 0 heterocycles. The number of ether oxygens (including phenoxy) is 1. The molecular weight excluding hydrogens is 233 g/mol. The predicted octanol–water partition coefficient (Wildman–Crippen LogP) is 3.21. The summed E-state index contributed by atoms with van der Waals surface area (Å²) in [5, 5.41) is 11.4. The Morgan fingerprint density at radius 3 is 2.78 bits per heavy atom. The summed E-state index contributed by atoms with van der Waals surface area (Å²) in [6.07, 6.45) is 1.30. The molecule has 0 bridgehead atoms. The summed E-state index contributed by atoms with van der Waals surface area (Å²) in [6, 6.07) is 13.5. The van der Waals surface area contributed by atoms with E-state index in [1.165, 1.54) is 12.3 Å². The molecule has 0 aliphatic heterocycles. The average Bonchev–Trinajstić information content (AvgIpc) is 2.39. The number of nitrogens with zero attached hydrogens (tertiary/aromatic N) is 1. The Balaban J connectivity index is 2.06. The van der Waals surface area contributed by atoms with Gasteiger partial charge in [0, 0.05) is 5.56 Å². The third-order valence-electron chi connectivity index (χ3n) is 2.42. The van der Waals surface area contributed by atoms with E-state index in [4.69, 9.17) is 9.94 Å². The largest absolute Gasteiger partial charge is 0.489 e. The summed E-state index contributed by atoms with van der Waals surface area (Å²) in [5.41, 5.74) is 1.21. The quantitative estimate of drug-likeness (QED) is 0.510. The van der Waals surface area contributed by atoms with Crippen LogP contribution in [-0.2, 0) is 6.61 Å². The van der Waals surface area contributed by atoms with Crippen molar-refractivity contribution in [1.29, 1.82) is 0 Å². The third kappa shape index (κ3) is 3.07. The highest BCUT2D eigenvalue weighted by Gasteiger charge is 2.01. The van der Waals surface area contributed by atoms with E-state index < -0.39 is 0 Å². The Bertz CT molecular complexity index is 555. The maximum atomic E-state index is 13.4. The molecule has 0 amide bonds. The van der Waals surface area contributed by atoms with Gasteiger partial charge in [0.2, 0.25) is 0 Å². The Hall–Kier alpha value is -2.36. The van der Waals surface area contributed by atoms with Gasteiger partial charge < -0.3 is 9.94 Å². The summed E-state index contributed by atoms with van der Waals surface area (Å²) < 4.78 is 18.8. The van der Waals surface area contributed by atoms with Gasteiger partial charge in [-0.15, -0.1) is 0 Å². The van der Waals surface area contributed by atoms with Crippen molar-refractivity contribution in [2.75, 3.05) is 0 Å². The lowest BCUT2D eigenvalue weighted by Gasteiger charge is -2.07. The second kappa shape index (κ2) is 5.82. The second-order valence-corrected chi connectivity index (χ2v) is 3.70. The van der Waals surface area contributed by atoms with Gasteiger partial charge in [-0.05, 0) is 23.8 Å². The smallest absolute Gasteiger partial charge is 0.129 e. The Labute approximate surface area is 104 Å². The molecule has 0 saturated carbocycles. The van der Waals surface area contributed by atoms with Gasteiger partial charge in [-0.1, -0.05) is 35.5 Å². The van der Waals surface area contributed by atoms with Crippen LogP contribution in [-0.4, -0.2) is 11.4 Å². The monoisotopic (exact) mass is 245 g/mol. The van der Waals surface area contributed by atoms with Crippen LogP contribution in [0, 0.1) is 5.82 Å². The number of rotatable bonds is 4. The highest BCUT2D eigenvalue weighted by Crippen LogP contribution is 2.15. The summed E-state index contributed by atoms with van der Waals surface area (Å²) in [4.78, 5) is 0. The zero-order valence-electron chi connectivity index (χ0n) is 9.58. The van der Waals surface area contributed by atoms with Gasteiger partial charge in [0.15, 0.2) is 0 Å². The van der Waals surface area contributed by atoms with Crippen LogP contribution in [0.15, 0.2) is 53.7 Å². The molecule has 0 aromatic heterocycles. The van der Waals surface area contributed by atoms with Crippen molar-refractivity contribution in [2.24, 2.45) is 5.16 Å². The third-order valence-corrected chi connectivity index (χ3v) is 2.42. The molecule has 2 aromatic rings. The fraction of sp³-hybridized carbons (Fsp3) is 0.0714. The summed E-state index contributed by atoms with van der Waals surface area (Å²) in [6.45, 7) is 0.159. The minimum absolute atomic E-state index is 0.159. The fourth-order valence-electron chi connectivity index (χ4n) is 1.53. The zero-order valence-corrected chi connectivity index (χ0v) is 9.58. The van der Waals surface area contributed by atoms with Gasteiger partial charge in [-0.3, -0.25) is 0 Å². The van der Waals surface area contributed by atoms with Gasteiger partial charge in [0.1, 0.15) is 18.2 Å². The maximum absolute atomic E-state index is 13.4. The van der Waals surface area contributed by atoms with E-state index in [0.29, 0.717) is 16.9 Å². The highest BCUT2D eigenvalue weighted by molar-refractivity contribution is 5.79. The second-order valence-electron chi connectivity index (χ2n) is 3.70. The van der Waals surface area contributed by atoms with E-state index >= 15 is 0 Å². The van der Waals surface area contributed by atoms with E-state index in [9.17, 15) is 4.39 Å². The molecule has 0 unspecified atom stereocenters. The molecule has 0 aliphatic rings. The summed E-state index contributed by atoms with van der Waals surface area (Å²) >= 11 is 0. The van der Waals surface area contributed by atoms with Gasteiger partial charge >= 0.3 is 0 Å². The molecule has 18 heavy (non-hydrogen) atoms. The lowest BCUT2D eigenvalue weighted by atomic mass is 10.2. The number of benzene rings is 2. The Morgan fingerprint density at radius 2 is 2.00 bits per heavy atom. The zero-order chi connectivity index (χ0) is 12.8. The van der Waals surface area contributed by atoms with E-state index in [1.54, 1.807) is 42.5 Å². The van der Waals surface area contributed by atoms with Crippen molar-refractivity contribution in [1.82, 2.24) is 0 Å². The predicted molar refractivity (Wildman–Crippen MR) is 66.6 cm³/mol. The number of hydrogen-bond donors (Lipinski definition) is 1. The number of halogens is 1. The highest BCUT2D eigenvalue weighted by atomic mass is 19.1. The van der Waals surface area contributed by atoms with E-state index in [-0.39, 0.29) is 12.4 Å². The van der Waals surface area contributed by atoms with Crippen LogP contribution in [0.2, 0.25) is 0 Å². The molecule has 0 aliphatic carbocycles. The minimum Gasteiger partial charge on any atom is -0.489 e. The normalized spacial score (nSPS) is 10.7. The lowest BCUT2D eigenvalue weighted by Crippen LogP contribution is -1.98. The number of oxime groups is 1. The molecule has 0 atom stereocenters. The van der Waals surface area contributed by atoms with Crippen LogP contribution in [0.4, 0.5) is 4.39 Å². The van der Waals surface area contributed by atoms with Crippen molar-refractivity contribution in [3.8, 4) is 5.75 Å². The first-order chi connectivity index (χ1) is 8.79. The molecular formula is C14H12FNO2. The van der Waals surface area contributed by atoms with Crippen LogP contribution in [0.3, 0.4) is 0 Å². The first-order valence-electron chi connectivity index (χ1n) is 5.43. The van der Waals surface area contributed by atoms with Crippen molar-refractivity contribution in [2.45, 2.75) is 6.61 Å². The molecule has 2 aromatic carbocycles. The van der Waals surface area contributed by atoms with Crippen molar-refractivity contribution >= 4 is 6.21 Å². The SMILES string of the molecule is O/N=C/c1cccc(OCc2ccccc2F)c1. The number of hydrogen-bond acceptors (Lipinski definition) is 3. The van der Waals surface area contributed by atoms with E-state index in [1.807, 2.05) is 0 Å². The topological polar surface area (TPSA) is 41.8 Å². The van der Waals surface area contributed by atoms with Crippen molar-refractivity contribution < 1.29 is 14.3 Å². The summed E-state index contributed by atoms with van der Waals surface area (Å²) in [7, 11) is 0. The molecule has 2 rings (SSSR count). The van der Waals surface area contributed by atoms with Crippen molar-refractivity contribution in [3.63, 3.8) is 0 Å². The minimum atomic E-state index is -0.287.